The summed E-state index contributed by atoms with van der Waals surface area (Å²) in [6.45, 7) is 11.6. The molecule has 0 radical (unpaired) electrons. The fourth-order valence-electron chi connectivity index (χ4n) is 11.6. The molecule has 0 bridgehead atoms. The van der Waals surface area contributed by atoms with E-state index in [0.29, 0.717) is 35.7 Å². The van der Waals surface area contributed by atoms with Crippen molar-refractivity contribution in [2.24, 2.45) is 0 Å². The number of piperidine rings is 2. The van der Waals surface area contributed by atoms with Gasteiger partial charge in [0, 0.05) is 41.7 Å². The fourth-order valence-corrected chi connectivity index (χ4v) is 11.9. The molecular formula is C54H62Cl2N8O6. The molecule has 0 spiro atoms. The number of nitrogens with zero attached hydrogens (tertiary/aromatic N) is 7. The zero-order valence-corrected chi connectivity index (χ0v) is 42.3. The number of amides is 2. The molecule has 11 rings (SSSR count). The van der Waals surface area contributed by atoms with Crippen LogP contribution in [0.25, 0.3) is 44.3 Å². The molecule has 3 aromatic carbocycles. The van der Waals surface area contributed by atoms with Crippen molar-refractivity contribution < 1.29 is 28.8 Å². The Hall–Kier alpha value is -5.54. The largest absolute Gasteiger partial charge is 0.390 e. The Morgan fingerprint density at radius 2 is 1.16 bits per heavy atom. The van der Waals surface area contributed by atoms with Crippen LogP contribution >= 0.6 is 23.2 Å². The molecule has 2 saturated heterocycles. The summed E-state index contributed by atoms with van der Waals surface area (Å²) in [5.41, 5.74) is 9.11. The van der Waals surface area contributed by atoms with Gasteiger partial charge in [-0.2, -0.15) is 0 Å². The maximum Gasteiger partial charge on any atom is 0.227 e. The summed E-state index contributed by atoms with van der Waals surface area (Å²) < 4.78 is 15.5. The van der Waals surface area contributed by atoms with Gasteiger partial charge >= 0.3 is 0 Å². The molecule has 16 heteroatoms. The third kappa shape index (κ3) is 9.28. The number of hydrogen-bond acceptors (Lipinski definition) is 10. The number of nitrogens with one attached hydrogen (secondary N) is 1. The minimum absolute atomic E-state index is 0.0474. The van der Waals surface area contributed by atoms with Crippen molar-refractivity contribution in [1.82, 2.24) is 34.7 Å². The van der Waals surface area contributed by atoms with E-state index in [0.717, 1.165) is 149 Å². The number of anilines is 1. The number of rotatable bonds is 7. The van der Waals surface area contributed by atoms with E-state index in [1.807, 2.05) is 52.5 Å². The monoisotopic (exact) mass is 988 g/mol. The summed E-state index contributed by atoms with van der Waals surface area (Å²) in [7, 11) is 0. The summed E-state index contributed by atoms with van der Waals surface area (Å²) in [5.74, 6) is 3.51. The number of aryl methyl sites for hydroxylation is 4. The van der Waals surface area contributed by atoms with Gasteiger partial charge in [0.25, 0.3) is 0 Å². The lowest BCUT2D eigenvalue weighted by Crippen LogP contribution is -2.40. The number of imidazole rings is 2. The van der Waals surface area contributed by atoms with E-state index in [-0.39, 0.29) is 36.0 Å². The second-order valence-corrected chi connectivity index (χ2v) is 21.5. The van der Waals surface area contributed by atoms with E-state index < -0.39 is 11.2 Å². The normalized spacial score (nSPS) is 25.3. The smallest absolute Gasteiger partial charge is 0.227 e. The summed E-state index contributed by atoms with van der Waals surface area (Å²) >= 11 is 12.6. The Labute approximate surface area is 417 Å². The molecule has 2 atom stereocenters. The topological polar surface area (TPSA) is 178 Å². The van der Waals surface area contributed by atoms with E-state index in [2.05, 4.69) is 61.2 Å². The van der Waals surface area contributed by atoms with Crippen LogP contribution in [0.1, 0.15) is 162 Å². The highest BCUT2D eigenvalue weighted by Crippen LogP contribution is 2.45. The minimum Gasteiger partial charge on any atom is -0.390 e. The van der Waals surface area contributed by atoms with Crippen molar-refractivity contribution in [1.29, 1.82) is 0 Å². The maximum atomic E-state index is 13.4. The number of carbonyl (C=O) groups is 2. The predicted molar refractivity (Wildman–Crippen MR) is 271 cm³/mol. The van der Waals surface area contributed by atoms with Crippen molar-refractivity contribution in [3.8, 4) is 22.3 Å². The predicted octanol–water partition coefficient (Wildman–Crippen LogP) is 12.3. The molecule has 4 fully saturated rings. The van der Waals surface area contributed by atoms with Gasteiger partial charge in [0.15, 0.2) is 0 Å². The van der Waals surface area contributed by atoms with Crippen molar-refractivity contribution in [3.05, 3.63) is 99.2 Å². The zero-order chi connectivity index (χ0) is 49.2. The highest BCUT2D eigenvalue weighted by Gasteiger charge is 2.39. The van der Waals surface area contributed by atoms with Crippen LogP contribution in [-0.2, 0) is 9.59 Å². The van der Waals surface area contributed by atoms with E-state index >= 15 is 0 Å². The molecule has 3 N–H and O–H groups in total. The van der Waals surface area contributed by atoms with Crippen LogP contribution in [0.5, 0.6) is 0 Å². The Balaban J connectivity index is 0.000000166. The van der Waals surface area contributed by atoms with Crippen molar-refractivity contribution in [2.75, 3.05) is 4.90 Å². The van der Waals surface area contributed by atoms with Crippen LogP contribution in [0, 0.1) is 27.7 Å². The number of benzene rings is 3. The molecule has 4 aliphatic rings. The molecule has 2 aliphatic carbocycles. The number of fused-ring (bicyclic) bond motifs is 2. The first-order chi connectivity index (χ1) is 33.4. The SMILES string of the molecule is Cc1noc(C)c1-c1ccc2c(c1)nc([C@@H]1CCCC(=O)N1)n2C1CCC(C)(O)CC1.Cc1noc(C)c1-c1ccc2c(c1)nc([C@@H]1CCCC(=O)N1c1ccc(Cl)c(Cl)c1)n2C1CCC(C)(O)CC1. The lowest BCUT2D eigenvalue weighted by molar-refractivity contribution is -0.123. The summed E-state index contributed by atoms with van der Waals surface area (Å²) in [6, 6.07) is 18.1. The quantitative estimate of drug-likeness (QED) is 0.139. The molecule has 0 unspecified atom stereocenters. The number of hydrogen-bond donors (Lipinski definition) is 3. The van der Waals surface area contributed by atoms with Gasteiger partial charge in [0.2, 0.25) is 11.8 Å². The zero-order valence-electron chi connectivity index (χ0n) is 40.8. The average Bonchev–Trinajstić information content (AvgIpc) is 4.09. The van der Waals surface area contributed by atoms with E-state index in [9.17, 15) is 19.8 Å². The van der Waals surface area contributed by atoms with E-state index in [1.54, 1.807) is 12.1 Å². The number of halogens is 2. The number of aliphatic hydroxyl groups is 2. The van der Waals surface area contributed by atoms with Crippen molar-refractivity contribution in [2.45, 2.75) is 167 Å². The molecule has 4 aromatic heterocycles. The number of carbonyl (C=O) groups excluding carboxylic acids is 2. The molecular weight excluding hydrogens is 928 g/mol. The Bertz CT molecular complexity index is 3070. The van der Waals surface area contributed by atoms with Crippen LogP contribution in [0.2, 0.25) is 10.0 Å². The Kier molecular flexibility index (Phi) is 13.0. The van der Waals surface area contributed by atoms with Gasteiger partial charge in [-0.15, -0.1) is 0 Å². The average molecular weight is 990 g/mol. The van der Waals surface area contributed by atoms with Crippen molar-refractivity contribution >= 4 is 62.8 Å². The van der Waals surface area contributed by atoms with Gasteiger partial charge in [-0.05, 0) is 172 Å². The first-order valence-corrected chi connectivity index (χ1v) is 25.6. The van der Waals surface area contributed by atoms with E-state index in [4.69, 9.17) is 42.2 Å². The van der Waals surface area contributed by atoms with Gasteiger partial charge in [0.1, 0.15) is 23.2 Å². The van der Waals surface area contributed by atoms with Crippen LogP contribution < -0.4 is 10.2 Å². The lowest BCUT2D eigenvalue weighted by atomic mass is 9.83. The first kappa shape index (κ1) is 48.1. The van der Waals surface area contributed by atoms with Crippen LogP contribution in [0.15, 0.2) is 63.6 Å². The van der Waals surface area contributed by atoms with Crippen molar-refractivity contribution in [3.63, 3.8) is 0 Å². The van der Waals surface area contributed by atoms with Crippen LogP contribution in [0.4, 0.5) is 5.69 Å². The summed E-state index contributed by atoms with van der Waals surface area (Å²) in [6.07, 6.45) is 10.9. The molecule has 2 saturated carbocycles. The molecule has 368 valence electrons. The molecule has 70 heavy (non-hydrogen) atoms. The first-order valence-electron chi connectivity index (χ1n) is 24.9. The highest BCUT2D eigenvalue weighted by atomic mass is 35.5. The van der Waals surface area contributed by atoms with Gasteiger partial charge in [0.05, 0.1) is 66.8 Å². The Morgan fingerprint density at radius 3 is 1.66 bits per heavy atom. The molecule has 6 heterocycles. The standard InChI is InChI=1S/C30H32Cl2N4O3.C24H30N4O3/c1-17-28(18(2)39-34-17)19-7-10-25-24(15-19)33-29(36(25)20-11-13-30(3,38)14-12-20)26-5-4-6-27(37)35(26)21-8-9-22(31)23(32)16-21;1-14-22(15(2)31-27-14)16-7-8-20-19(13-16)26-23(18-5-4-6-21(29)25-18)28(20)17-9-11-24(3,30)12-10-17/h7-10,15-16,20,26,38H,4-6,11-14H2,1-3H3;7-8,13,17-18,30H,4-6,9-12H2,1-3H3,(H,25,29)/t20?,26-,30?;17?,18-,24?/m00/s1. The molecule has 2 amide bonds. The highest BCUT2D eigenvalue weighted by molar-refractivity contribution is 6.42. The molecule has 7 aromatic rings. The van der Waals surface area contributed by atoms with Crippen LogP contribution in [-0.4, -0.2) is 62.6 Å². The third-order valence-corrected chi connectivity index (χ3v) is 16.1. The van der Waals surface area contributed by atoms with E-state index in [1.165, 1.54) is 0 Å². The Morgan fingerprint density at radius 1 is 0.643 bits per heavy atom. The van der Waals surface area contributed by atoms with Crippen LogP contribution in [0.3, 0.4) is 0 Å². The van der Waals surface area contributed by atoms with Gasteiger partial charge in [-0.1, -0.05) is 45.6 Å². The summed E-state index contributed by atoms with van der Waals surface area (Å²) in [4.78, 5) is 37.6. The third-order valence-electron chi connectivity index (χ3n) is 15.3. The minimum atomic E-state index is -0.656. The lowest BCUT2D eigenvalue weighted by Gasteiger charge is -2.38. The second-order valence-electron chi connectivity index (χ2n) is 20.7. The second kappa shape index (κ2) is 18.9. The van der Waals surface area contributed by atoms with Gasteiger partial charge in [-0.3, -0.25) is 9.59 Å². The van der Waals surface area contributed by atoms with Gasteiger partial charge in [-0.25, -0.2) is 9.97 Å². The van der Waals surface area contributed by atoms with Gasteiger partial charge < -0.3 is 38.6 Å². The molecule has 14 nitrogen and oxygen atoms in total. The fraction of sp³-hybridized carbons (Fsp3) is 0.481. The number of aromatic nitrogens is 6. The maximum absolute atomic E-state index is 13.4. The summed E-state index contributed by atoms with van der Waals surface area (Å²) in [5, 5.41) is 33.4. The molecule has 2 aliphatic heterocycles.